The van der Waals surface area contributed by atoms with Crippen molar-refractivity contribution in [3.05, 3.63) is 71.8 Å². The van der Waals surface area contributed by atoms with Crippen molar-refractivity contribution in [3.63, 3.8) is 0 Å². The number of halogens is 5. The second-order valence-electron chi connectivity index (χ2n) is 7.02. The molecule has 1 N–H and O–H groups in total. The number of nitrogens with one attached hydrogen (secondary N) is 1. The Labute approximate surface area is 175 Å². The zero-order valence-electron chi connectivity index (χ0n) is 16.0. The van der Waals surface area contributed by atoms with Crippen LogP contribution in [0.15, 0.2) is 54.9 Å². The fraction of sp³-hybridized carbons (Fsp3) is 0.238. The van der Waals surface area contributed by atoms with Crippen molar-refractivity contribution in [2.75, 3.05) is 4.42 Å². The van der Waals surface area contributed by atoms with Gasteiger partial charge in [0, 0.05) is 29.6 Å². The Bertz CT molecular complexity index is 1070. The van der Waals surface area contributed by atoms with Gasteiger partial charge in [0.05, 0.1) is 16.8 Å². The summed E-state index contributed by atoms with van der Waals surface area (Å²) >= 11 is 6.24. The lowest BCUT2D eigenvalue weighted by Gasteiger charge is -2.31. The number of hydrogen-bond acceptors (Lipinski definition) is 3. The van der Waals surface area contributed by atoms with E-state index in [0.29, 0.717) is 11.5 Å². The molecule has 0 aliphatic carbocycles. The van der Waals surface area contributed by atoms with Crippen LogP contribution < -0.4 is 9.74 Å². The predicted octanol–water partition coefficient (Wildman–Crippen LogP) is 5.77. The fourth-order valence-corrected chi connectivity index (χ4v) is 3.45. The summed E-state index contributed by atoms with van der Waals surface area (Å²) in [4.78, 5) is 17.0. The largest absolute Gasteiger partial charge is 0.419 e. The molecule has 1 heterocycles. The maximum absolute atomic E-state index is 14.5. The van der Waals surface area contributed by atoms with Crippen LogP contribution in [0.1, 0.15) is 29.8 Å². The summed E-state index contributed by atoms with van der Waals surface area (Å²) in [7, 11) is 0. The molecule has 0 aliphatic heterocycles. The van der Waals surface area contributed by atoms with Gasteiger partial charge in [-0.3, -0.25) is 14.2 Å². The molecule has 0 saturated carbocycles. The van der Waals surface area contributed by atoms with Crippen molar-refractivity contribution in [2.45, 2.75) is 26.2 Å². The van der Waals surface area contributed by atoms with Gasteiger partial charge in [0.25, 0.3) is 5.91 Å². The van der Waals surface area contributed by atoms with Gasteiger partial charge in [-0.2, -0.15) is 13.2 Å². The van der Waals surface area contributed by atoms with E-state index in [4.69, 9.17) is 11.8 Å². The van der Waals surface area contributed by atoms with Crippen LogP contribution in [0.4, 0.5) is 23.2 Å². The maximum atomic E-state index is 14.5. The molecule has 0 saturated heterocycles. The molecule has 9 heteroatoms. The highest BCUT2D eigenvalue weighted by Gasteiger charge is 2.36. The van der Waals surface area contributed by atoms with Gasteiger partial charge < -0.3 is 5.32 Å². The average Bonchev–Trinajstić information content (AvgIpc) is 2.70. The normalized spacial score (nSPS) is 12.8. The van der Waals surface area contributed by atoms with E-state index >= 15 is 0 Å². The van der Waals surface area contributed by atoms with Gasteiger partial charge in [-0.1, -0.05) is 44.2 Å². The Hall–Kier alpha value is -2.87. The lowest BCUT2D eigenvalue weighted by atomic mass is 10.1. The van der Waals surface area contributed by atoms with Gasteiger partial charge in [-0.05, 0) is 23.4 Å². The molecule has 0 aliphatic rings. The second kappa shape index (κ2) is 8.47. The molecule has 0 spiro atoms. The van der Waals surface area contributed by atoms with E-state index < -0.39 is 35.3 Å². The van der Waals surface area contributed by atoms with Crippen molar-refractivity contribution in [1.29, 1.82) is 0 Å². The Morgan fingerprint density at radius 3 is 2.47 bits per heavy atom. The molecule has 1 unspecified atom stereocenters. The van der Waals surface area contributed by atoms with Crippen LogP contribution in [0.2, 0.25) is 0 Å². The molecule has 0 radical (unpaired) electrons. The third-order valence-electron chi connectivity index (χ3n) is 4.58. The number of alkyl halides is 3. The van der Waals surface area contributed by atoms with E-state index in [1.165, 1.54) is 6.20 Å². The minimum absolute atomic E-state index is 0.272. The van der Waals surface area contributed by atoms with Crippen molar-refractivity contribution < 1.29 is 22.4 Å². The Balaban J connectivity index is 1.94. The highest BCUT2D eigenvalue weighted by Crippen LogP contribution is 2.36. The van der Waals surface area contributed by atoms with Crippen LogP contribution in [0, 0.1) is 11.7 Å². The van der Waals surface area contributed by atoms with Crippen molar-refractivity contribution in [3.8, 4) is 0 Å². The SMILES string of the molecule is CC(C)C(NC(=O)c1cncc2ccccc12)N(Cl)c1cccc(C(F)(F)F)c1F. The molecule has 1 amide bonds. The molecular formula is C21H18ClF4N3O. The number of hydrogen-bond donors (Lipinski definition) is 1. The fourth-order valence-electron chi connectivity index (χ4n) is 3.05. The summed E-state index contributed by atoms with van der Waals surface area (Å²) < 4.78 is 54.5. The Morgan fingerprint density at radius 1 is 1.10 bits per heavy atom. The summed E-state index contributed by atoms with van der Waals surface area (Å²) in [6.07, 6.45) is -2.87. The van der Waals surface area contributed by atoms with Crippen LogP contribution >= 0.6 is 11.8 Å². The molecule has 0 fully saturated rings. The van der Waals surface area contributed by atoms with Crippen molar-refractivity contribution >= 4 is 34.1 Å². The van der Waals surface area contributed by atoms with Crippen LogP contribution in [0.3, 0.4) is 0 Å². The zero-order chi connectivity index (χ0) is 22.1. The number of aromatic nitrogens is 1. The first-order valence-corrected chi connectivity index (χ1v) is 9.39. The minimum Gasteiger partial charge on any atom is -0.330 e. The highest BCUT2D eigenvalue weighted by atomic mass is 35.5. The average molecular weight is 440 g/mol. The first-order chi connectivity index (χ1) is 14.1. The molecule has 1 aromatic heterocycles. The second-order valence-corrected chi connectivity index (χ2v) is 7.38. The molecule has 1 atom stereocenters. The maximum Gasteiger partial charge on any atom is 0.419 e. The Morgan fingerprint density at radius 2 is 1.80 bits per heavy atom. The summed E-state index contributed by atoms with van der Waals surface area (Å²) in [6.45, 7) is 3.40. The van der Waals surface area contributed by atoms with Gasteiger partial charge in [0.1, 0.15) is 6.17 Å². The molecule has 158 valence electrons. The number of fused-ring (bicyclic) bond motifs is 1. The lowest BCUT2D eigenvalue weighted by Crippen LogP contribution is -2.48. The summed E-state index contributed by atoms with van der Waals surface area (Å²) in [6, 6.07) is 9.94. The number of nitrogens with zero attached hydrogens (tertiary/aromatic N) is 2. The van der Waals surface area contributed by atoms with E-state index in [-0.39, 0.29) is 11.5 Å². The number of pyridine rings is 1. The topological polar surface area (TPSA) is 45.2 Å². The first kappa shape index (κ1) is 21.8. The molecule has 30 heavy (non-hydrogen) atoms. The third kappa shape index (κ3) is 4.33. The summed E-state index contributed by atoms with van der Waals surface area (Å²) in [5.74, 6) is -2.40. The van der Waals surface area contributed by atoms with E-state index in [9.17, 15) is 22.4 Å². The molecular weight excluding hydrogens is 422 g/mol. The van der Waals surface area contributed by atoms with Gasteiger partial charge >= 0.3 is 6.18 Å². The molecule has 2 aromatic carbocycles. The first-order valence-electron chi connectivity index (χ1n) is 9.05. The number of benzene rings is 2. The minimum atomic E-state index is -4.87. The van der Waals surface area contributed by atoms with E-state index in [1.54, 1.807) is 44.3 Å². The summed E-state index contributed by atoms with van der Waals surface area (Å²) in [5.41, 5.74) is -1.65. The monoisotopic (exact) mass is 439 g/mol. The lowest BCUT2D eigenvalue weighted by molar-refractivity contribution is -0.139. The molecule has 0 bridgehead atoms. The van der Waals surface area contributed by atoms with Gasteiger partial charge in [0.15, 0.2) is 5.82 Å². The van der Waals surface area contributed by atoms with Crippen LogP contribution in [-0.4, -0.2) is 17.1 Å². The number of carbonyl (C=O) groups excluding carboxylic acids is 1. The number of anilines is 1. The number of rotatable bonds is 5. The number of carbonyl (C=O) groups is 1. The van der Waals surface area contributed by atoms with Crippen LogP contribution in [0.25, 0.3) is 10.8 Å². The van der Waals surface area contributed by atoms with E-state index in [2.05, 4.69) is 10.3 Å². The number of amides is 1. The molecule has 3 rings (SSSR count). The summed E-state index contributed by atoms with van der Waals surface area (Å²) in [5, 5.41) is 4.08. The standard InChI is InChI=1S/C21H18ClF4N3O/c1-12(2)19(29(22)17-9-5-8-16(18(17)23)21(24,25)26)28-20(30)15-11-27-10-13-6-3-4-7-14(13)15/h3-12,19H,1-2H3,(H,28,30). The predicted molar refractivity (Wildman–Crippen MR) is 108 cm³/mol. The molecule has 4 nitrogen and oxygen atoms in total. The smallest absolute Gasteiger partial charge is 0.330 e. The van der Waals surface area contributed by atoms with E-state index in [0.717, 1.165) is 21.9 Å². The quantitative estimate of drug-likeness (QED) is 0.312. The van der Waals surface area contributed by atoms with Gasteiger partial charge in [-0.25, -0.2) is 4.39 Å². The highest BCUT2D eigenvalue weighted by molar-refractivity contribution is 6.26. The van der Waals surface area contributed by atoms with Crippen molar-refractivity contribution in [2.24, 2.45) is 5.92 Å². The van der Waals surface area contributed by atoms with Crippen LogP contribution in [-0.2, 0) is 6.18 Å². The third-order valence-corrected chi connectivity index (χ3v) is 4.97. The van der Waals surface area contributed by atoms with Gasteiger partial charge in [0.2, 0.25) is 0 Å². The van der Waals surface area contributed by atoms with Gasteiger partial charge in [-0.15, -0.1) is 0 Å². The van der Waals surface area contributed by atoms with Crippen LogP contribution in [0.5, 0.6) is 0 Å². The van der Waals surface area contributed by atoms with Crippen molar-refractivity contribution in [1.82, 2.24) is 10.3 Å². The molecule has 3 aromatic rings. The Kier molecular flexibility index (Phi) is 6.17. The zero-order valence-corrected chi connectivity index (χ0v) is 16.8. The van der Waals surface area contributed by atoms with E-state index in [1.807, 2.05) is 0 Å².